The lowest BCUT2D eigenvalue weighted by molar-refractivity contribution is 0.211. The van der Waals surface area contributed by atoms with Crippen LogP contribution in [0.1, 0.15) is 25.3 Å². The van der Waals surface area contributed by atoms with Crippen molar-refractivity contribution in [3.05, 3.63) is 60.2 Å². The van der Waals surface area contributed by atoms with Gasteiger partial charge in [-0.1, -0.05) is 49.4 Å². The fourth-order valence-corrected chi connectivity index (χ4v) is 4.37. The Balaban J connectivity index is 1.60. The number of piperidine rings is 1. The minimum atomic E-state index is -3.20. The molecule has 0 aromatic heterocycles. The minimum absolute atomic E-state index is 0.126. The zero-order chi connectivity index (χ0) is 17.7. The summed E-state index contributed by atoms with van der Waals surface area (Å²) < 4.78 is 24.5. The number of para-hydroxylation sites is 1. The number of anilines is 1. The topological polar surface area (TPSA) is 49.4 Å². The molecule has 1 N–H and O–H groups in total. The van der Waals surface area contributed by atoms with Gasteiger partial charge in [0, 0.05) is 25.7 Å². The van der Waals surface area contributed by atoms with E-state index >= 15 is 0 Å². The van der Waals surface area contributed by atoms with Gasteiger partial charge in [0.05, 0.1) is 16.3 Å². The quantitative estimate of drug-likeness (QED) is 0.858. The molecular weight excluding hydrogens is 332 g/mol. The Hall–Kier alpha value is -1.85. The Kier molecular flexibility index (Phi) is 5.76. The second-order valence-corrected chi connectivity index (χ2v) is 8.83. The second kappa shape index (κ2) is 8.02. The van der Waals surface area contributed by atoms with Gasteiger partial charge in [0.2, 0.25) is 0 Å². The van der Waals surface area contributed by atoms with Crippen molar-refractivity contribution in [3.63, 3.8) is 0 Å². The summed E-state index contributed by atoms with van der Waals surface area (Å²) in [5, 5.41) is 3.47. The van der Waals surface area contributed by atoms with Crippen molar-refractivity contribution in [2.45, 2.75) is 37.2 Å². The van der Waals surface area contributed by atoms with Crippen LogP contribution in [0.2, 0.25) is 0 Å². The fraction of sp³-hybridized carbons (Fsp3) is 0.400. The predicted molar refractivity (Wildman–Crippen MR) is 103 cm³/mol. The molecule has 0 spiro atoms. The largest absolute Gasteiger partial charge is 0.381 e. The normalized spacial score (nSPS) is 16.7. The Morgan fingerprint density at radius 2 is 1.64 bits per heavy atom. The van der Waals surface area contributed by atoms with Crippen molar-refractivity contribution in [1.29, 1.82) is 0 Å². The van der Waals surface area contributed by atoms with E-state index in [1.54, 1.807) is 19.1 Å². The smallest absolute Gasteiger partial charge is 0.180 e. The summed E-state index contributed by atoms with van der Waals surface area (Å²) in [6, 6.07) is 18.1. The van der Waals surface area contributed by atoms with Gasteiger partial charge < -0.3 is 5.32 Å². The van der Waals surface area contributed by atoms with Gasteiger partial charge in [0.25, 0.3) is 0 Å². The van der Waals surface area contributed by atoms with E-state index < -0.39 is 9.84 Å². The van der Waals surface area contributed by atoms with E-state index in [0.717, 1.165) is 38.2 Å². The third kappa shape index (κ3) is 4.61. The van der Waals surface area contributed by atoms with Crippen molar-refractivity contribution in [3.8, 4) is 0 Å². The molecule has 2 aromatic rings. The van der Waals surface area contributed by atoms with E-state index in [9.17, 15) is 8.42 Å². The molecule has 134 valence electrons. The highest BCUT2D eigenvalue weighted by Crippen LogP contribution is 2.25. The number of hydrogen-bond acceptors (Lipinski definition) is 4. The van der Waals surface area contributed by atoms with Crippen LogP contribution in [-0.2, 0) is 16.4 Å². The molecule has 0 atom stereocenters. The van der Waals surface area contributed by atoms with Gasteiger partial charge >= 0.3 is 0 Å². The van der Waals surface area contributed by atoms with Crippen LogP contribution in [-0.4, -0.2) is 38.2 Å². The molecule has 0 radical (unpaired) electrons. The van der Waals surface area contributed by atoms with Gasteiger partial charge in [0.1, 0.15) is 0 Å². The van der Waals surface area contributed by atoms with Gasteiger partial charge in [-0.25, -0.2) is 8.42 Å². The number of hydrogen-bond donors (Lipinski definition) is 1. The molecule has 0 amide bonds. The third-order valence-electron chi connectivity index (χ3n) is 4.80. The molecule has 1 aliphatic rings. The summed E-state index contributed by atoms with van der Waals surface area (Å²) in [6.07, 6.45) is 2.04. The van der Waals surface area contributed by atoms with Gasteiger partial charge in [-0.3, -0.25) is 4.90 Å². The van der Waals surface area contributed by atoms with Gasteiger partial charge in [-0.05, 0) is 30.5 Å². The van der Waals surface area contributed by atoms with E-state index in [1.165, 1.54) is 5.56 Å². The van der Waals surface area contributed by atoms with E-state index in [1.807, 2.05) is 18.2 Å². The van der Waals surface area contributed by atoms with E-state index in [2.05, 4.69) is 34.5 Å². The summed E-state index contributed by atoms with van der Waals surface area (Å²) in [5.74, 6) is 0.126. The molecule has 0 bridgehead atoms. The molecule has 1 fully saturated rings. The summed E-state index contributed by atoms with van der Waals surface area (Å²) in [6.45, 7) is 4.72. The van der Waals surface area contributed by atoms with E-state index in [0.29, 0.717) is 10.9 Å². The number of benzene rings is 2. The van der Waals surface area contributed by atoms with E-state index in [4.69, 9.17) is 0 Å². The average molecular weight is 359 g/mol. The van der Waals surface area contributed by atoms with Crippen LogP contribution in [0, 0.1) is 0 Å². The van der Waals surface area contributed by atoms with Crippen molar-refractivity contribution < 1.29 is 8.42 Å². The molecule has 1 heterocycles. The molecule has 3 rings (SSSR count). The standard InChI is InChI=1S/C20H26N2O2S/c1-2-25(23,24)20-11-7-6-10-19(20)21-18-12-14-22(15-13-18)16-17-8-4-3-5-9-17/h3-11,18,21H,2,12-16H2,1H3. The highest BCUT2D eigenvalue weighted by atomic mass is 32.2. The van der Waals surface area contributed by atoms with Gasteiger partial charge in [0.15, 0.2) is 9.84 Å². The Labute approximate surface area is 150 Å². The van der Waals surface area contributed by atoms with Gasteiger partial charge in [-0.2, -0.15) is 0 Å². The van der Waals surface area contributed by atoms with Crippen LogP contribution in [0.5, 0.6) is 0 Å². The monoisotopic (exact) mass is 358 g/mol. The molecule has 1 aliphatic heterocycles. The zero-order valence-electron chi connectivity index (χ0n) is 14.7. The second-order valence-electron chi connectivity index (χ2n) is 6.58. The van der Waals surface area contributed by atoms with Gasteiger partial charge in [-0.15, -0.1) is 0 Å². The van der Waals surface area contributed by atoms with Crippen LogP contribution in [0.25, 0.3) is 0 Å². The summed E-state index contributed by atoms with van der Waals surface area (Å²) in [4.78, 5) is 2.88. The Bertz CT molecular complexity index is 782. The molecule has 5 heteroatoms. The van der Waals surface area contributed by atoms with Crippen molar-refractivity contribution in [2.24, 2.45) is 0 Å². The lowest BCUT2D eigenvalue weighted by atomic mass is 10.0. The first kappa shape index (κ1) is 18.0. The highest BCUT2D eigenvalue weighted by molar-refractivity contribution is 7.91. The summed E-state index contributed by atoms with van der Waals surface area (Å²) >= 11 is 0. The van der Waals surface area contributed by atoms with Crippen LogP contribution in [0.3, 0.4) is 0 Å². The first-order valence-corrected chi connectivity index (χ1v) is 10.6. The molecular formula is C20H26N2O2S. The maximum absolute atomic E-state index is 12.3. The van der Waals surface area contributed by atoms with Crippen molar-refractivity contribution in [2.75, 3.05) is 24.2 Å². The van der Waals surface area contributed by atoms with E-state index in [-0.39, 0.29) is 5.75 Å². The highest BCUT2D eigenvalue weighted by Gasteiger charge is 2.22. The maximum Gasteiger partial charge on any atom is 0.180 e. The van der Waals surface area contributed by atoms with Crippen LogP contribution in [0.4, 0.5) is 5.69 Å². The van der Waals surface area contributed by atoms with Crippen molar-refractivity contribution >= 4 is 15.5 Å². The lowest BCUT2D eigenvalue weighted by Gasteiger charge is -2.33. The molecule has 0 aliphatic carbocycles. The fourth-order valence-electron chi connectivity index (χ4n) is 3.31. The molecule has 0 unspecified atom stereocenters. The summed E-state index contributed by atoms with van der Waals surface area (Å²) in [5.41, 5.74) is 2.08. The summed E-state index contributed by atoms with van der Waals surface area (Å²) in [7, 11) is -3.20. The maximum atomic E-state index is 12.3. The third-order valence-corrected chi connectivity index (χ3v) is 6.58. The number of rotatable bonds is 6. The minimum Gasteiger partial charge on any atom is -0.381 e. The number of nitrogens with one attached hydrogen (secondary N) is 1. The first-order valence-electron chi connectivity index (χ1n) is 8.93. The Morgan fingerprint density at radius 3 is 2.32 bits per heavy atom. The molecule has 25 heavy (non-hydrogen) atoms. The zero-order valence-corrected chi connectivity index (χ0v) is 15.5. The van der Waals surface area contributed by atoms with Crippen LogP contribution in [0.15, 0.2) is 59.5 Å². The number of sulfone groups is 1. The number of nitrogens with zero attached hydrogens (tertiary/aromatic N) is 1. The first-order chi connectivity index (χ1) is 12.1. The predicted octanol–water partition coefficient (Wildman–Crippen LogP) is 3.56. The lowest BCUT2D eigenvalue weighted by Crippen LogP contribution is -2.38. The van der Waals surface area contributed by atoms with Crippen molar-refractivity contribution in [1.82, 2.24) is 4.90 Å². The molecule has 2 aromatic carbocycles. The van der Waals surface area contributed by atoms with Crippen LogP contribution >= 0.6 is 0 Å². The number of likely N-dealkylation sites (tertiary alicyclic amines) is 1. The molecule has 4 nitrogen and oxygen atoms in total. The average Bonchev–Trinajstić information content (AvgIpc) is 2.64. The molecule has 0 saturated carbocycles. The Morgan fingerprint density at radius 1 is 1.00 bits per heavy atom. The SMILES string of the molecule is CCS(=O)(=O)c1ccccc1NC1CCN(Cc2ccccc2)CC1. The van der Waals surface area contributed by atoms with Crippen LogP contribution < -0.4 is 5.32 Å². The molecule has 1 saturated heterocycles.